The number of hydrogen-bond acceptors (Lipinski definition) is 4. The van der Waals surface area contributed by atoms with E-state index in [1.165, 1.54) is 0 Å². The van der Waals surface area contributed by atoms with Crippen LogP contribution >= 0.6 is 11.6 Å². The molecule has 0 bridgehead atoms. The first-order valence-electron chi connectivity index (χ1n) is 10.3. The van der Waals surface area contributed by atoms with Crippen LogP contribution in [0.2, 0.25) is 5.15 Å². The van der Waals surface area contributed by atoms with Crippen molar-refractivity contribution in [1.29, 1.82) is 0 Å². The number of fused-ring (bicyclic) bond motifs is 1. The molecule has 5 nitrogen and oxygen atoms in total. The summed E-state index contributed by atoms with van der Waals surface area (Å²) in [7, 11) is 0. The molecule has 1 fully saturated rings. The zero-order valence-corrected chi connectivity index (χ0v) is 17.8. The Bertz CT molecular complexity index is 1260. The molecule has 1 N–H and O–H groups in total. The second-order valence-corrected chi connectivity index (χ2v) is 7.94. The Balaban J connectivity index is 1.95. The smallest absolute Gasteiger partial charge is 0.261 e. The van der Waals surface area contributed by atoms with Gasteiger partial charge in [0, 0.05) is 17.5 Å². The number of rotatable bonds is 4. The summed E-state index contributed by atoms with van der Waals surface area (Å²) in [4.78, 5) is 22.4. The average molecular weight is 421 g/mol. The van der Waals surface area contributed by atoms with E-state index in [4.69, 9.17) is 16.6 Å². The average Bonchev–Trinajstić information content (AvgIpc) is 2.77. The number of piperidine rings is 1. The van der Waals surface area contributed by atoms with E-state index in [-0.39, 0.29) is 11.6 Å². The third-order valence-corrected chi connectivity index (χ3v) is 5.92. The summed E-state index contributed by atoms with van der Waals surface area (Å²) in [5.41, 5.74) is 2.83. The fourth-order valence-electron chi connectivity index (χ4n) is 4.21. The Kier molecular flexibility index (Phi) is 6.11. The summed E-state index contributed by atoms with van der Waals surface area (Å²) >= 11 is 5.94. The molecule has 0 radical (unpaired) electrons. The van der Waals surface area contributed by atoms with Crippen molar-refractivity contribution >= 4 is 34.7 Å². The van der Waals surface area contributed by atoms with Crippen molar-refractivity contribution in [3.8, 4) is 0 Å². The Labute approximate surface area is 180 Å². The lowest BCUT2D eigenvalue weighted by atomic mass is 9.99. The van der Waals surface area contributed by atoms with Crippen LogP contribution in [0.15, 0.2) is 48.2 Å². The van der Waals surface area contributed by atoms with Crippen LogP contribution in [0, 0.1) is 0 Å². The van der Waals surface area contributed by atoms with E-state index >= 15 is 0 Å². The number of nitrogens with zero attached hydrogens (tertiary/aromatic N) is 3. The Morgan fingerprint density at radius 2 is 2.07 bits per heavy atom. The second-order valence-electron chi connectivity index (χ2n) is 7.55. The van der Waals surface area contributed by atoms with E-state index in [0.29, 0.717) is 17.0 Å². The zero-order chi connectivity index (χ0) is 21.1. The van der Waals surface area contributed by atoms with Crippen molar-refractivity contribution in [2.75, 3.05) is 13.1 Å². The first-order chi connectivity index (χ1) is 14.6. The van der Waals surface area contributed by atoms with Crippen LogP contribution in [0.4, 0.5) is 0 Å². The highest BCUT2D eigenvalue weighted by atomic mass is 35.5. The van der Waals surface area contributed by atoms with Crippen LogP contribution in [0.1, 0.15) is 36.9 Å². The van der Waals surface area contributed by atoms with Gasteiger partial charge in [0.2, 0.25) is 0 Å². The summed E-state index contributed by atoms with van der Waals surface area (Å²) in [5, 5.41) is 6.46. The number of hydrogen-bond donors (Lipinski definition) is 1. The maximum atomic E-state index is 13.4. The molecule has 0 unspecified atom stereocenters. The van der Waals surface area contributed by atoms with Crippen LogP contribution in [-0.2, 0) is 6.42 Å². The summed E-state index contributed by atoms with van der Waals surface area (Å²) in [5.74, 6) is 0. The monoisotopic (exact) mass is 420 g/mol. The van der Waals surface area contributed by atoms with Crippen molar-refractivity contribution in [1.82, 2.24) is 19.9 Å². The lowest BCUT2D eigenvalue weighted by molar-refractivity contribution is 0.359. The van der Waals surface area contributed by atoms with E-state index in [9.17, 15) is 4.79 Å². The van der Waals surface area contributed by atoms with Crippen molar-refractivity contribution in [2.24, 2.45) is 0 Å². The molecule has 30 heavy (non-hydrogen) atoms. The molecule has 4 rings (SSSR count). The summed E-state index contributed by atoms with van der Waals surface area (Å²) in [6.07, 6.45) is 11.8. The van der Waals surface area contributed by atoms with Gasteiger partial charge in [0.15, 0.2) is 0 Å². The van der Waals surface area contributed by atoms with Gasteiger partial charge >= 0.3 is 0 Å². The third kappa shape index (κ3) is 3.95. The van der Waals surface area contributed by atoms with Crippen LogP contribution in [0.3, 0.4) is 0 Å². The van der Waals surface area contributed by atoms with Crippen LogP contribution in [0.25, 0.3) is 23.1 Å². The van der Waals surface area contributed by atoms with Crippen molar-refractivity contribution in [3.05, 3.63) is 80.4 Å². The van der Waals surface area contributed by atoms with E-state index in [1.54, 1.807) is 24.7 Å². The number of aromatic nitrogens is 3. The number of halogens is 1. The van der Waals surface area contributed by atoms with Gasteiger partial charge in [-0.05, 0) is 67.8 Å². The normalized spacial score (nSPS) is 16.3. The summed E-state index contributed by atoms with van der Waals surface area (Å²) in [6, 6.07) is 5.92. The van der Waals surface area contributed by atoms with Crippen LogP contribution in [-0.4, -0.2) is 27.6 Å². The minimum Gasteiger partial charge on any atom is -0.317 e. The molecular weight excluding hydrogens is 396 g/mol. The van der Waals surface area contributed by atoms with Gasteiger partial charge in [-0.25, -0.2) is 9.97 Å². The SMILES string of the molecule is C=C/C=c1/c(Cc2ccc(Cl)nc2)cc2c(=O)n(C3CCNCC3)cnc2/c1=C/C. The molecule has 3 aromatic rings. The molecule has 6 heteroatoms. The molecule has 0 amide bonds. The van der Waals surface area contributed by atoms with Gasteiger partial charge in [-0.3, -0.25) is 9.36 Å². The van der Waals surface area contributed by atoms with Crippen molar-refractivity contribution < 1.29 is 0 Å². The van der Waals surface area contributed by atoms with Crippen LogP contribution in [0.5, 0.6) is 0 Å². The lowest BCUT2D eigenvalue weighted by Gasteiger charge is -2.24. The topological polar surface area (TPSA) is 59.8 Å². The second kappa shape index (κ2) is 8.94. The molecule has 3 heterocycles. The number of allylic oxidation sites excluding steroid dienone is 1. The van der Waals surface area contributed by atoms with E-state index in [2.05, 4.69) is 16.9 Å². The van der Waals surface area contributed by atoms with Gasteiger partial charge < -0.3 is 5.32 Å². The molecule has 1 aliphatic heterocycles. The minimum atomic E-state index is 0.0237. The van der Waals surface area contributed by atoms with E-state index in [1.807, 2.05) is 35.8 Å². The third-order valence-electron chi connectivity index (χ3n) is 5.70. The molecule has 0 aliphatic carbocycles. The molecule has 0 saturated carbocycles. The van der Waals surface area contributed by atoms with Gasteiger partial charge in [0.05, 0.1) is 17.2 Å². The van der Waals surface area contributed by atoms with Gasteiger partial charge in [0.25, 0.3) is 5.56 Å². The number of nitrogens with one attached hydrogen (secondary N) is 1. The minimum absolute atomic E-state index is 0.0237. The Morgan fingerprint density at radius 3 is 2.73 bits per heavy atom. The first-order valence-corrected chi connectivity index (χ1v) is 10.6. The highest BCUT2D eigenvalue weighted by molar-refractivity contribution is 6.29. The number of pyridine rings is 1. The van der Waals surface area contributed by atoms with Gasteiger partial charge in [-0.2, -0.15) is 0 Å². The number of benzene rings is 1. The van der Waals surface area contributed by atoms with Crippen molar-refractivity contribution in [2.45, 2.75) is 32.2 Å². The predicted molar refractivity (Wildman–Crippen MR) is 123 cm³/mol. The summed E-state index contributed by atoms with van der Waals surface area (Å²) < 4.78 is 1.81. The standard InChI is InChI=1S/C24H25ClN4O/c1-3-5-20-17(12-16-6-7-22(25)27-14-16)13-21-23(19(20)4-2)28-15-29(24(21)30)18-8-10-26-11-9-18/h3-7,13-15,18,26H,1,8-12H2,2H3/b19-4+,20-5-. The lowest BCUT2D eigenvalue weighted by Crippen LogP contribution is -2.37. The highest BCUT2D eigenvalue weighted by Crippen LogP contribution is 2.17. The highest BCUT2D eigenvalue weighted by Gasteiger charge is 2.18. The molecule has 2 aromatic heterocycles. The van der Waals surface area contributed by atoms with Crippen molar-refractivity contribution in [3.63, 3.8) is 0 Å². The van der Waals surface area contributed by atoms with Crippen LogP contribution < -0.4 is 21.3 Å². The molecular formula is C24H25ClN4O. The van der Waals surface area contributed by atoms with E-state index in [0.717, 1.165) is 53.0 Å². The molecule has 1 aromatic carbocycles. The molecule has 1 saturated heterocycles. The Morgan fingerprint density at radius 1 is 1.27 bits per heavy atom. The molecule has 0 spiro atoms. The predicted octanol–water partition coefficient (Wildman–Crippen LogP) is 2.73. The molecule has 0 atom stereocenters. The maximum absolute atomic E-state index is 13.4. The van der Waals surface area contributed by atoms with Gasteiger partial charge in [-0.1, -0.05) is 42.5 Å². The quantitative estimate of drug-likeness (QED) is 0.659. The zero-order valence-electron chi connectivity index (χ0n) is 17.1. The van der Waals surface area contributed by atoms with E-state index < -0.39 is 0 Å². The van der Waals surface area contributed by atoms with Gasteiger partial charge in [0.1, 0.15) is 5.15 Å². The fraction of sp³-hybridized carbons (Fsp3) is 0.292. The molecule has 154 valence electrons. The van der Waals surface area contributed by atoms with Gasteiger partial charge in [-0.15, -0.1) is 0 Å². The first kappa shape index (κ1) is 20.5. The Hall–Kier alpha value is -2.76. The largest absolute Gasteiger partial charge is 0.317 e. The maximum Gasteiger partial charge on any atom is 0.261 e. The summed E-state index contributed by atoms with van der Waals surface area (Å²) in [6.45, 7) is 7.69. The fourth-order valence-corrected chi connectivity index (χ4v) is 4.32. The molecule has 1 aliphatic rings.